The van der Waals surface area contributed by atoms with Crippen molar-refractivity contribution in [2.24, 2.45) is 0 Å². The molecule has 0 aliphatic carbocycles. The molecule has 7 heteroatoms. The smallest absolute Gasteiger partial charge is 0.240 e. The zero-order valence-corrected chi connectivity index (χ0v) is 12.7. The van der Waals surface area contributed by atoms with E-state index in [9.17, 15) is 8.42 Å². The molecule has 0 amide bonds. The van der Waals surface area contributed by atoms with Crippen LogP contribution in [-0.2, 0) is 16.6 Å². The number of rotatable bonds is 6. The molecule has 1 N–H and O–H groups in total. The van der Waals surface area contributed by atoms with Gasteiger partial charge in [-0.3, -0.25) is 4.68 Å². The van der Waals surface area contributed by atoms with Crippen molar-refractivity contribution < 1.29 is 8.42 Å². The van der Waals surface area contributed by atoms with Crippen molar-refractivity contribution in [3.63, 3.8) is 0 Å². The highest BCUT2D eigenvalue weighted by Crippen LogP contribution is 2.19. The maximum atomic E-state index is 12.1. The van der Waals surface area contributed by atoms with Crippen LogP contribution in [0, 0.1) is 6.92 Å². The van der Waals surface area contributed by atoms with Gasteiger partial charge in [-0.2, -0.15) is 5.10 Å². The Morgan fingerprint density at radius 2 is 2.20 bits per heavy atom. The summed E-state index contributed by atoms with van der Waals surface area (Å²) in [4.78, 5) is 0.187. The zero-order valence-electron chi connectivity index (χ0n) is 11.1. The predicted molar refractivity (Wildman–Crippen MR) is 78.2 cm³/mol. The topological polar surface area (TPSA) is 64.0 Å². The Morgan fingerprint density at radius 1 is 1.40 bits per heavy atom. The molecule has 1 aromatic heterocycles. The molecule has 0 atom stereocenters. The highest BCUT2D eigenvalue weighted by molar-refractivity contribution is 7.89. The molecular weight excluding hydrogens is 298 g/mol. The van der Waals surface area contributed by atoms with Crippen LogP contribution in [0.1, 0.15) is 12.0 Å². The molecule has 0 bridgehead atoms. The zero-order chi connectivity index (χ0) is 14.6. The number of benzene rings is 1. The predicted octanol–water partition coefficient (Wildman–Crippen LogP) is 2.21. The van der Waals surface area contributed by atoms with Gasteiger partial charge in [0.15, 0.2) is 0 Å². The molecule has 0 saturated heterocycles. The lowest BCUT2D eigenvalue weighted by Gasteiger charge is -2.08. The second kappa shape index (κ2) is 6.39. The monoisotopic (exact) mass is 313 g/mol. The number of aromatic nitrogens is 2. The average Bonchev–Trinajstić information content (AvgIpc) is 2.91. The van der Waals surface area contributed by atoms with E-state index in [1.54, 1.807) is 23.0 Å². The number of halogens is 1. The number of aryl methyl sites for hydroxylation is 2. The van der Waals surface area contributed by atoms with Crippen molar-refractivity contribution in [1.82, 2.24) is 14.5 Å². The molecular formula is C13H16ClN3O2S. The maximum absolute atomic E-state index is 12.1. The minimum Gasteiger partial charge on any atom is -0.273 e. The molecule has 0 saturated carbocycles. The van der Waals surface area contributed by atoms with Gasteiger partial charge in [-0.05, 0) is 37.1 Å². The van der Waals surface area contributed by atoms with E-state index < -0.39 is 10.0 Å². The van der Waals surface area contributed by atoms with E-state index in [1.165, 1.54) is 6.07 Å². The first-order chi connectivity index (χ1) is 9.49. The molecule has 0 fully saturated rings. The summed E-state index contributed by atoms with van der Waals surface area (Å²) in [5.41, 5.74) is 0.851. The van der Waals surface area contributed by atoms with Gasteiger partial charge in [-0.1, -0.05) is 17.7 Å². The molecule has 1 heterocycles. The van der Waals surface area contributed by atoms with Crippen LogP contribution in [0.2, 0.25) is 5.02 Å². The molecule has 0 unspecified atom stereocenters. The van der Waals surface area contributed by atoms with Crippen LogP contribution in [0.4, 0.5) is 0 Å². The molecule has 0 aliphatic heterocycles. The third-order valence-corrected chi connectivity index (χ3v) is 4.73. The van der Waals surface area contributed by atoms with E-state index >= 15 is 0 Å². The van der Waals surface area contributed by atoms with Crippen LogP contribution < -0.4 is 4.72 Å². The second-order valence-electron chi connectivity index (χ2n) is 4.43. The second-order valence-corrected chi connectivity index (χ2v) is 6.61. The van der Waals surface area contributed by atoms with E-state index in [1.807, 2.05) is 19.2 Å². The molecule has 2 rings (SSSR count). The van der Waals surface area contributed by atoms with E-state index in [4.69, 9.17) is 11.6 Å². The Morgan fingerprint density at radius 3 is 2.85 bits per heavy atom. The largest absolute Gasteiger partial charge is 0.273 e. The number of hydrogen-bond acceptors (Lipinski definition) is 3. The van der Waals surface area contributed by atoms with Crippen LogP contribution in [0.5, 0.6) is 0 Å². The first kappa shape index (κ1) is 15.0. The minimum atomic E-state index is -3.50. The summed E-state index contributed by atoms with van der Waals surface area (Å²) in [5, 5.41) is 4.50. The Bertz CT molecular complexity index is 669. The van der Waals surface area contributed by atoms with Crippen LogP contribution >= 0.6 is 11.6 Å². The summed E-state index contributed by atoms with van der Waals surface area (Å²) in [6, 6.07) is 6.54. The van der Waals surface area contributed by atoms with Gasteiger partial charge >= 0.3 is 0 Å². The van der Waals surface area contributed by atoms with Crippen molar-refractivity contribution in [2.45, 2.75) is 24.8 Å². The van der Waals surface area contributed by atoms with Crippen LogP contribution in [0.15, 0.2) is 41.6 Å². The fourth-order valence-electron chi connectivity index (χ4n) is 1.70. The third-order valence-electron chi connectivity index (χ3n) is 2.87. The number of sulfonamides is 1. The summed E-state index contributed by atoms with van der Waals surface area (Å²) in [6.07, 6.45) is 4.20. The SMILES string of the molecule is Cc1ccc(S(=O)(=O)NCCCn2cccn2)cc1Cl. The van der Waals surface area contributed by atoms with Gasteiger partial charge in [0.25, 0.3) is 0 Å². The van der Waals surface area contributed by atoms with Gasteiger partial charge in [0.2, 0.25) is 10.0 Å². The first-order valence-corrected chi connectivity index (χ1v) is 8.08. The molecule has 0 spiro atoms. The maximum Gasteiger partial charge on any atom is 0.240 e. The van der Waals surface area contributed by atoms with Crippen molar-refractivity contribution in [3.8, 4) is 0 Å². The molecule has 0 aliphatic rings. The van der Waals surface area contributed by atoms with Gasteiger partial charge in [0.1, 0.15) is 0 Å². The summed E-state index contributed by atoms with van der Waals surface area (Å²) >= 11 is 5.94. The first-order valence-electron chi connectivity index (χ1n) is 6.22. The third kappa shape index (κ3) is 3.82. The average molecular weight is 314 g/mol. The van der Waals surface area contributed by atoms with Gasteiger partial charge in [-0.25, -0.2) is 13.1 Å². The number of nitrogens with zero attached hydrogens (tertiary/aromatic N) is 2. The summed E-state index contributed by atoms with van der Waals surface area (Å²) < 4.78 is 28.4. The number of nitrogens with one attached hydrogen (secondary N) is 1. The Kier molecular flexibility index (Phi) is 4.80. The summed E-state index contributed by atoms with van der Waals surface area (Å²) in [6.45, 7) is 2.86. The van der Waals surface area contributed by atoms with E-state index in [-0.39, 0.29) is 4.90 Å². The van der Waals surface area contributed by atoms with Crippen molar-refractivity contribution in [1.29, 1.82) is 0 Å². The minimum absolute atomic E-state index is 0.187. The summed E-state index contributed by atoms with van der Waals surface area (Å²) in [7, 11) is -3.50. The number of hydrogen-bond donors (Lipinski definition) is 1. The molecule has 108 valence electrons. The van der Waals surface area contributed by atoms with Crippen LogP contribution in [0.25, 0.3) is 0 Å². The molecule has 20 heavy (non-hydrogen) atoms. The van der Waals surface area contributed by atoms with Crippen molar-refractivity contribution in [3.05, 3.63) is 47.2 Å². The van der Waals surface area contributed by atoms with Gasteiger partial charge < -0.3 is 0 Å². The van der Waals surface area contributed by atoms with Crippen molar-refractivity contribution in [2.75, 3.05) is 6.54 Å². The Labute approximate surface area is 123 Å². The molecule has 2 aromatic rings. The molecule has 0 radical (unpaired) electrons. The lowest BCUT2D eigenvalue weighted by atomic mass is 10.2. The van der Waals surface area contributed by atoms with Gasteiger partial charge in [0.05, 0.1) is 4.90 Å². The molecule has 1 aromatic carbocycles. The highest BCUT2D eigenvalue weighted by Gasteiger charge is 2.14. The van der Waals surface area contributed by atoms with Crippen LogP contribution in [0.3, 0.4) is 0 Å². The summed E-state index contributed by atoms with van der Waals surface area (Å²) in [5.74, 6) is 0. The quantitative estimate of drug-likeness (QED) is 0.832. The van der Waals surface area contributed by atoms with E-state index in [0.29, 0.717) is 24.5 Å². The normalized spacial score (nSPS) is 11.7. The Balaban J connectivity index is 1.92. The molecule has 5 nitrogen and oxygen atoms in total. The highest BCUT2D eigenvalue weighted by atomic mass is 35.5. The standard InChI is InChI=1S/C13H16ClN3O2S/c1-11-4-5-12(10-13(11)14)20(18,19)16-7-3-9-17-8-2-6-15-17/h2,4-6,8,10,16H,3,7,9H2,1H3. The fraction of sp³-hybridized carbons (Fsp3) is 0.308. The van der Waals surface area contributed by atoms with Crippen LogP contribution in [-0.4, -0.2) is 24.7 Å². The van der Waals surface area contributed by atoms with Gasteiger partial charge in [-0.15, -0.1) is 0 Å². The lowest BCUT2D eigenvalue weighted by Crippen LogP contribution is -2.25. The van der Waals surface area contributed by atoms with Crippen molar-refractivity contribution >= 4 is 21.6 Å². The fourth-order valence-corrected chi connectivity index (χ4v) is 3.05. The lowest BCUT2D eigenvalue weighted by molar-refractivity contribution is 0.553. The van der Waals surface area contributed by atoms with E-state index in [2.05, 4.69) is 9.82 Å². The van der Waals surface area contributed by atoms with Gasteiger partial charge in [0, 0.05) is 30.5 Å². The van der Waals surface area contributed by atoms with E-state index in [0.717, 1.165) is 5.56 Å². The Hall–Kier alpha value is -1.37.